The second-order valence-corrected chi connectivity index (χ2v) is 2.75. The van der Waals surface area contributed by atoms with Crippen LogP contribution in [0, 0.1) is 0 Å². The minimum atomic E-state index is -0.578. The molecular weight excluding hydrogens is 184 g/mol. The molecule has 0 aliphatic carbocycles. The van der Waals surface area contributed by atoms with Crippen molar-refractivity contribution in [3.63, 3.8) is 0 Å². The lowest BCUT2D eigenvalue weighted by atomic mass is 10.1. The number of carbonyl (C=O) groups is 1. The van der Waals surface area contributed by atoms with Crippen LogP contribution in [0.2, 0.25) is 0 Å². The van der Waals surface area contributed by atoms with Crippen molar-refractivity contribution in [2.45, 2.75) is 6.54 Å². The van der Waals surface area contributed by atoms with Crippen LogP contribution in [-0.2, 0) is 11.3 Å². The number of hydrogen-bond acceptors (Lipinski definition) is 4. The van der Waals surface area contributed by atoms with E-state index in [9.17, 15) is 4.79 Å². The van der Waals surface area contributed by atoms with Gasteiger partial charge in [0.2, 0.25) is 5.91 Å². The van der Waals surface area contributed by atoms with E-state index in [0.717, 1.165) is 0 Å². The molecule has 0 saturated heterocycles. The Kier molecular flexibility index (Phi) is 3.44. The monoisotopic (exact) mass is 196 g/mol. The summed E-state index contributed by atoms with van der Waals surface area (Å²) < 4.78 is 0. The number of aliphatic hydroxyl groups excluding tert-OH is 1. The molecule has 76 valence electrons. The van der Waals surface area contributed by atoms with Gasteiger partial charge in [0.25, 0.3) is 0 Å². The van der Waals surface area contributed by atoms with Gasteiger partial charge in [0.15, 0.2) is 0 Å². The second kappa shape index (κ2) is 4.59. The Balaban J connectivity index is 2.90. The van der Waals surface area contributed by atoms with Gasteiger partial charge in [0, 0.05) is 12.2 Å². The summed E-state index contributed by atoms with van der Waals surface area (Å²) in [5, 5.41) is 20.1. The molecule has 0 aliphatic heterocycles. The normalized spacial score (nSPS) is 9.86. The average molecular weight is 196 g/mol. The topological polar surface area (TPSA) is 95.6 Å². The van der Waals surface area contributed by atoms with E-state index >= 15 is 0 Å². The molecule has 0 spiro atoms. The van der Waals surface area contributed by atoms with Gasteiger partial charge >= 0.3 is 0 Å². The summed E-state index contributed by atoms with van der Waals surface area (Å²) >= 11 is 0. The van der Waals surface area contributed by atoms with Crippen LogP contribution in [-0.4, -0.2) is 22.7 Å². The standard InChI is InChI=1S/C9H12N2O3/c10-4-6-3-7(13)1-2-8(6)11-9(14)5-12/h1-3,12-13H,4-5,10H2,(H,11,14). The van der Waals surface area contributed by atoms with Crippen LogP contribution in [0.3, 0.4) is 0 Å². The van der Waals surface area contributed by atoms with Crippen LogP contribution >= 0.6 is 0 Å². The van der Waals surface area contributed by atoms with E-state index in [0.29, 0.717) is 11.3 Å². The molecule has 0 fully saturated rings. The average Bonchev–Trinajstić information content (AvgIpc) is 2.20. The highest BCUT2D eigenvalue weighted by atomic mass is 16.3. The number of anilines is 1. The highest BCUT2D eigenvalue weighted by molar-refractivity contribution is 5.92. The van der Waals surface area contributed by atoms with Gasteiger partial charge in [-0.2, -0.15) is 0 Å². The SMILES string of the molecule is NCc1cc(O)ccc1NC(=O)CO. The molecule has 1 amide bonds. The molecule has 0 aliphatic rings. The second-order valence-electron chi connectivity index (χ2n) is 2.75. The predicted octanol–water partition coefficient (Wildman–Crippen LogP) is -0.218. The lowest BCUT2D eigenvalue weighted by molar-refractivity contribution is -0.118. The van der Waals surface area contributed by atoms with Crippen molar-refractivity contribution >= 4 is 11.6 Å². The fraction of sp³-hybridized carbons (Fsp3) is 0.222. The first-order valence-electron chi connectivity index (χ1n) is 4.10. The summed E-state index contributed by atoms with van der Waals surface area (Å²) in [4.78, 5) is 10.9. The van der Waals surface area contributed by atoms with Gasteiger partial charge in [-0.25, -0.2) is 0 Å². The van der Waals surface area contributed by atoms with Crippen molar-refractivity contribution < 1.29 is 15.0 Å². The zero-order chi connectivity index (χ0) is 10.6. The summed E-state index contributed by atoms with van der Waals surface area (Å²) in [6, 6.07) is 4.43. The Labute approximate surface area is 81.2 Å². The van der Waals surface area contributed by atoms with E-state index in [1.165, 1.54) is 18.2 Å². The predicted molar refractivity (Wildman–Crippen MR) is 51.7 cm³/mol. The molecule has 0 unspecified atom stereocenters. The number of aliphatic hydroxyl groups is 1. The summed E-state index contributed by atoms with van der Waals surface area (Å²) in [7, 11) is 0. The third-order valence-corrected chi connectivity index (χ3v) is 1.73. The number of nitrogens with two attached hydrogens (primary N) is 1. The zero-order valence-corrected chi connectivity index (χ0v) is 7.53. The van der Waals surface area contributed by atoms with Crippen molar-refractivity contribution in [2.24, 2.45) is 5.73 Å². The van der Waals surface area contributed by atoms with Crippen molar-refractivity contribution in [2.75, 3.05) is 11.9 Å². The molecule has 0 atom stereocenters. The Morgan fingerprint density at radius 1 is 1.50 bits per heavy atom. The quantitative estimate of drug-likeness (QED) is 0.503. The van der Waals surface area contributed by atoms with E-state index in [2.05, 4.69) is 5.32 Å². The van der Waals surface area contributed by atoms with Gasteiger partial charge in [-0.15, -0.1) is 0 Å². The van der Waals surface area contributed by atoms with E-state index in [-0.39, 0.29) is 12.3 Å². The van der Waals surface area contributed by atoms with Gasteiger partial charge in [0.1, 0.15) is 12.4 Å². The van der Waals surface area contributed by atoms with Crippen molar-refractivity contribution in [1.82, 2.24) is 0 Å². The third kappa shape index (κ3) is 2.45. The van der Waals surface area contributed by atoms with Gasteiger partial charge in [-0.1, -0.05) is 0 Å². The van der Waals surface area contributed by atoms with Gasteiger partial charge in [-0.3, -0.25) is 4.79 Å². The molecule has 1 rings (SSSR count). The van der Waals surface area contributed by atoms with Crippen LogP contribution in [0.5, 0.6) is 5.75 Å². The lowest BCUT2D eigenvalue weighted by Gasteiger charge is -2.08. The molecule has 0 heterocycles. The summed E-state index contributed by atoms with van der Waals surface area (Å²) in [6.07, 6.45) is 0. The summed E-state index contributed by atoms with van der Waals surface area (Å²) in [5.41, 5.74) is 6.53. The number of benzene rings is 1. The largest absolute Gasteiger partial charge is 0.508 e. The number of phenols is 1. The maximum absolute atomic E-state index is 10.9. The summed E-state index contributed by atoms with van der Waals surface area (Å²) in [5.74, 6) is -0.419. The Hall–Kier alpha value is -1.59. The van der Waals surface area contributed by atoms with Crippen molar-refractivity contribution in [3.05, 3.63) is 23.8 Å². The first kappa shape index (κ1) is 10.5. The molecule has 5 N–H and O–H groups in total. The number of carbonyl (C=O) groups excluding carboxylic acids is 1. The van der Waals surface area contributed by atoms with E-state index in [1.54, 1.807) is 0 Å². The minimum Gasteiger partial charge on any atom is -0.508 e. The number of phenolic OH excluding ortho intramolecular Hbond substituents is 1. The highest BCUT2D eigenvalue weighted by Crippen LogP contribution is 2.20. The molecule has 1 aromatic carbocycles. The zero-order valence-electron chi connectivity index (χ0n) is 7.53. The molecule has 0 saturated carbocycles. The third-order valence-electron chi connectivity index (χ3n) is 1.73. The van der Waals surface area contributed by atoms with E-state index < -0.39 is 12.5 Å². The molecule has 5 nitrogen and oxygen atoms in total. The highest BCUT2D eigenvalue weighted by Gasteiger charge is 2.05. The van der Waals surface area contributed by atoms with Gasteiger partial charge < -0.3 is 21.3 Å². The van der Waals surface area contributed by atoms with Crippen LogP contribution in [0.4, 0.5) is 5.69 Å². The molecule has 1 aromatic rings. The van der Waals surface area contributed by atoms with Crippen LogP contribution in [0.15, 0.2) is 18.2 Å². The number of nitrogens with one attached hydrogen (secondary N) is 1. The number of aromatic hydroxyl groups is 1. The summed E-state index contributed by atoms with van der Waals surface area (Å²) in [6.45, 7) is -0.375. The lowest BCUT2D eigenvalue weighted by Crippen LogP contribution is -2.17. The molecule has 5 heteroatoms. The first-order chi connectivity index (χ1) is 6.67. The Morgan fingerprint density at radius 3 is 2.79 bits per heavy atom. The minimum absolute atomic E-state index is 0.0902. The Morgan fingerprint density at radius 2 is 2.21 bits per heavy atom. The van der Waals surface area contributed by atoms with Crippen molar-refractivity contribution in [3.8, 4) is 5.75 Å². The first-order valence-corrected chi connectivity index (χ1v) is 4.10. The number of hydrogen-bond donors (Lipinski definition) is 4. The van der Waals surface area contributed by atoms with Crippen LogP contribution in [0.25, 0.3) is 0 Å². The van der Waals surface area contributed by atoms with Crippen LogP contribution in [0.1, 0.15) is 5.56 Å². The fourth-order valence-electron chi connectivity index (χ4n) is 1.06. The Bertz CT molecular complexity index is 339. The molecule has 14 heavy (non-hydrogen) atoms. The fourth-order valence-corrected chi connectivity index (χ4v) is 1.06. The van der Waals surface area contributed by atoms with Crippen molar-refractivity contribution in [1.29, 1.82) is 0 Å². The van der Waals surface area contributed by atoms with Crippen LogP contribution < -0.4 is 11.1 Å². The molecular formula is C9H12N2O3. The van der Waals surface area contributed by atoms with E-state index in [1.807, 2.05) is 0 Å². The van der Waals surface area contributed by atoms with E-state index in [4.69, 9.17) is 15.9 Å². The molecule has 0 radical (unpaired) electrons. The van der Waals surface area contributed by atoms with Gasteiger partial charge in [-0.05, 0) is 23.8 Å². The molecule has 0 bridgehead atoms. The smallest absolute Gasteiger partial charge is 0.250 e. The molecule has 0 aromatic heterocycles. The number of amides is 1. The number of rotatable bonds is 3. The maximum Gasteiger partial charge on any atom is 0.250 e. The van der Waals surface area contributed by atoms with Gasteiger partial charge in [0.05, 0.1) is 0 Å². The maximum atomic E-state index is 10.9.